The standard InChI is InChI=1S/C15H20N4O2S/c1-10-9-13(20)18-19-14(10)11-3-5-12(6-4-11)21-8-2-7-17-15(16)22/h3-6,10H,2,7-9H2,1H3,(H,18,20)(H3,16,17,22). The summed E-state index contributed by atoms with van der Waals surface area (Å²) in [5.74, 6) is 0.876. The quantitative estimate of drug-likeness (QED) is 0.540. The minimum atomic E-state index is -0.0400. The molecule has 1 unspecified atom stereocenters. The van der Waals surface area contributed by atoms with Gasteiger partial charge in [0.05, 0.1) is 12.3 Å². The van der Waals surface area contributed by atoms with Crippen LogP contribution >= 0.6 is 12.2 Å². The van der Waals surface area contributed by atoms with Gasteiger partial charge >= 0.3 is 0 Å². The van der Waals surface area contributed by atoms with E-state index in [1.165, 1.54) is 0 Å². The van der Waals surface area contributed by atoms with E-state index in [0.29, 0.717) is 24.7 Å². The summed E-state index contributed by atoms with van der Waals surface area (Å²) in [5.41, 5.74) is 9.75. The van der Waals surface area contributed by atoms with Crippen molar-refractivity contribution in [3.8, 4) is 5.75 Å². The second-order valence-corrected chi connectivity index (χ2v) is 5.59. The number of nitrogens with zero attached hydrogens (tertiary/aromatic N) is 1. The Morgan fingerprint density at radius 2 is 2.23 bits per heavy atom. The number of nitrogens with two attached hydrogens (primary N) is 1. The van der Waals surface area contributed by atoms with Crippen LogP contribution < -0.4 is 21.2 Å². The van der Waals surface area contributed by atoms with E-state index in [2.05, 4.69) is 15.8 Å². The largest absolute Gasteiger partial charge is 0.494 e. The lowest BCUT2D eigenvalue weighted by Crippen LogP contribution is -2.31. The van der Waals surface area contributed by atoms with Crippen molar-refractivity contribution < 1.29 is 9.53 Å². The summed E-state index contributed by atoms with van der Waals surface area (Å²) in [4.78, 5) is 11.3. The van der Waals surface area contributed by atoms with Crippen LogP contribution in [0, 0.1) is 5.92 Å². The van der Waals surface area contributed by atoms with Gasteiger partial charge in [0.1, 0.15) is 5.75 Å². The molecular weight excluding hydrogens is 300 g/mol. The zero-order valence-electron chi connectivity index (χ0n) is 12.5. The molecular formula is C15H20N4O2S. The normalized spacial score (nSPS) is 17.4. The van der Waals surface area contributed by atoms with Crippen LogP contribution in [0.3, 0.4) is 0 Å². The minimum Gasteiger partial charge on any atom is -0.494 e. The Hall–Kier alpha value is -2.15. The summed E-state index contributed by atoms with van der Waals surface area (Å²) in [5, 5.41) is 7.31. The zero-order chi connectivity index (χ0) is 15.9. The summed E-state index contributed by atoms with van der Waals surface area (Å²) >= 11 is 4.72. The Kier molecular flexibility index (Phi) is 5.71. The first-order chi connectivity index (χ1) is 10.6. The SMILES string of the molecule is CC1CC(=O)NN=C1c1ccc(OCCCNC(N)=S)cc1. The third kappa shape index (κ3) is 4.70. The van der Waals surface area contributed by atoms with E-state index in [9.17, 15) is 4.79 Å². The van der Waals surface area contributed by atoms with Crippen molar-refractivity contribution in [1.29, 1.82) is 0 Å². The van der Waals surface area contributed by atoms with Gasteiger partial charge in [-0.05, 0) is 48.5 Å². The van der Waals surface area contributed by atoms with Crippen LogP contribution in [0.25, 0.3) is 0 Å². The fourth-order valence-corrected chi connectivity index (χ4v) is 2.30. The number of hydrazone groups is 1. The highest BCUT2D eigenvalue weighted by Crippen LogP contribution is 2.19. The number of nitrogens with one attached hydrogen (secondary N) is 2. The summed E-state index contributed by atoms with van der Waals surface area (Å²) in [6.07, 6.45) is 1.28. The summed E-state index contributed by atoms with van der Waals surface area (Å²) in [6, 6.07) is 7.72. The number of rotatable bonds is 6. The molecule has 1 aliphatic rings. The van der Waals surface area contributed by atoms with Crippen molar-refractivity contribution in [2.45, 2.75) is 19.8 Å². The fraction of sp³-hybridized carbons (Fsp3) is 0.400. The van der Waals surface area contributed by atoms with Crippen LogP contribution in [0.2, 0.25) is 0 Å². The lowest BCUT2D eigenvalue weighted by atomic mass is 9.94. The molecule has 0 spiro atoms. The van der Waals surface area contributed by atoms with Crippen LogP contribution in [-0.2, 0) is 4.79 Å². The maximum atomic E-state index is 11.3. The molecule has 6 nitrogen and oxygen atoms in total. The molecule has 0 aliphatic carbocycles. The molecule has 1 aromatic rings. The Bertz CT molecular complexity index is 571. The van der Waals surface area contributed by atoms with Gasteiger partial charge in [0, 0.05) is 18.9 Å². The molecule has 1 aliphatic heterocycles. The van der Waals surface area contributed by atoms with Gasteiger partial charge in [0.2, 0.25) is 5.91 Å². The van der Waals surface area contributed by atoms with E-state index < -0.39 is 0 Å². The third-order valence-corrected chi connectivity index (χ3v) is 3.44. The number of hydrogen-bond donors (Lipinski definition) is 3. The van der Waals surface area contributed by atoms with Crippen molar-refractivity contribution in [1.82, 2.24) is 10.7 Å². The molecule has 1 amide bonds. The smallest absolute Gasteiger partial charge is 0.240 e. The summed E-state index contributed by atoms with van der Waals surface area (Å²) < 4.78 is 5.64. The molecule has 0 saturated carbocycles. The molecule has 0 fully saturated rings. The first kappa shape index (κ1) is 16.2. The second kappa shape index (κ2) is 7.74. The third-order valence-electron chi connectivity index (χ3n) is 3.30. The Balaban J connectivity index is 1.85. The number of carbonyl (C=O) groups is 1. The molecule has 7 heteroatoms. The zero-order valence-corrected chi connectivity index (χ0v) is 13.3. The summed E-state index contributed by atoms with van der Waals surface area (Å²) in [7, 11) is 0. The highest BCUT2D eigenvalue weighted by Gasteiger charge is 2.21. The molecule has 0 radical (unpaired) electrons. The van der Waals surface area contributed by atoms with Gasteiger partial charge in [-0.2, -0.15) is 5.10 Å². The minimum absolute atomic E-state index is 0.0400. The molecule has 118 valence electrons. The maximum absolute atomic E-state index is 11.3. The molecule has 0 aromatic heterocycles. The number of amides is 1. The first-order valence-corrected chi connectivity index (χ1v) is 7.60. The van der Waals surface area contributed by atoms with Crippen molar-refractivity contribution >= 4 is 28.9 Å². The fourth-order valence-electron chi connectivity index (χ4n) is 2.20. The second-order valence-electron chi connectivity index (χ2n) is 5.15. The van der Waals surface area contributed by atoms with Crippen molar-refractivity contribution in [2.24, 2.45) is 16.8 Å². The van der Waals surface area contributed by atoms with E-state index >= 15 is 0 Å². The van der Waals surface area contributed by atoms with Gasteiger partial charge in [-0.25, -0.2) is 5.43 Å². The van der Waals surface area contributed by atoms with Gasteiger partial charge in [0.15, 0.2) is 5.11 Å². The van der Waals surface area contributed by atoms with E-state index in [1.807, 2.05) is 31.2 Å². The molecule has 4 N–H and O–H groups in total. The Labute approximate surface area is 135 Å². The van der Waals surface area contributed by atoms with E-state index in [1.54, 1.807) is 0 Å². The van der Waals surface area contributed by atoms with Crippen molar-refractivity contribution in [2.75, 3.05) is 13.2 Å². The molecule has 1 aromatic carbocycles. The topological polar surface area (TPSA) is 88.7 Å². The van der Waals surface area contributed by atoms with E-state index in [0.717, 1.165) is 23.4 Å². The average Bonchev–Trinajstić information content (AvgIpc) is 2.47. The molecule has 22 heavy (non-hydrogen) atoms. The number of carbonyl (C=O) groups excluding carboxylic acids is 1. The van der Waals surface area contributed by atoms with Crippen molar-refractivity contribution in [3.05, 3.63) is 29.8 Å². The van der Waals surface area contributed by atoms with Gasteiger partial charge in [0.25, 0.3) is 0 Å². The number of thiocarbonyl (C=S) groups is 1. The molecule has 1 heterocycles. The van der Waals surface area contributed by atoms with E-state index in [4.69, 9.17) is 22.7 Å². The van der Waals surface area contributed by atoms with Crippen LogP contribution in [-0.4, -0.2) is 29.9 Å². The van der Waals surface area contributed by atoms with Gasteiger partial charge < -0.3 is 15.8 Å². The lowest BCUT2D eigenvalue weighted by molar-refractivity contribution is -0.121. The monoisotopic (exact) mass is 320 g/mol. The molecule has 0 bridgehead atoms. The first-order valence-electron chi connectivity index (χ1n) is 7.19. The van der Waals surface area contributed by atoms with Crippen LogP contribution in [0.4, 0.5) is 0 Å². The Morgan fingerprint density at radius 3 is 2.86 bits per heavy atom. The van der Waals surface area contributed by atoms with Crippen LogP contribution in [0.15, 0.2) is 29.4 Å². The lowest BCUT2D eigenvalue weighted by Gasteiger charge is -2.19. The number of ether oxygens (including phenoxy) is 1. The highest BCUT2D eigenvalue weighted by molar-refractivity contribution is 7.80. The van der Waals surface area contributed by atoms with Gasteiger partial charge in [-0.3, -0.25) is 4.79 Å². The van der Waals surface area contributed by atoms with Gasteiger partial charge in [-0.1, -0.05) is 6.92 Å². The van der Waals surface area contributed by atoms with Crippen LogP contribution in [0.1, 0.15) is 25.3 Å². The summed E-state index contributed by atoms with van der Waals surface area (Å²) in [6.45, 7) is 3.28. The number of benzene rings is 1. The number of hydrogen-bond acceptors (Lipinski definition) is 4. The molecule has 0 saturated heterocycles. The predicted molar refractivity (Wildman–Crippen MR) is 89.8 cm³/mol. The van der Waals surface area contributed by atoms with E-state index in [-0.39, 0.29) is 11.8 Å². The average molecular weight is 320 g/mol. The van der Waals surface area contributed by atoms with Gasteiger partial charge in [-0.15, -0.1) is 0 Å². The van der Waals surface area contributed by atoms with Crippen LogP contribution in [0.5, 0.6) is 5.75 Å². The van der Waals surface area contributed by atoms with Crippen molar-refractivity contribution in [3.63, 3.8) is 0 Å². The highest BCUT2D eigenvalue weighted by atomic mass is 32.1. The molecule has 2 rings (SSSR count). The Morgan fingerprint density at radius 1 is 1.50 bits per heavy atom. The predicted octanol–water partition coefficient (Wildman–Crippen LogP) is 1.15. The maximum Gasteiger partial charge on any atom is 0.240 e. The molecule has 1 atom stereocenters.